The fraction of sp³-hybridized carbons (Fsp3) is 0.296. The monoisotopic (exact) mass is 458 g/mol. The number of carbonyl (C=O) groups is 2. The Kier molecular flexibility index (Phi) is 5.87. The molecule has 174 valence electrons. The van der Waals surface area contributed by atoms with Gasteiger partial charge in [0, 0.05) is 30.2 Å². The Morgan fingerprint density at radius 1 is 1.03 bits per heavy atom. The number of benzene rings is 2. The van der Waals surface area contributed by atoms with Gasteiger partial charge in [0.2, 0.25) is 5.91 Å². The lowest BCUT2D eigenvalue weighted by molar-refractivity contribution is -0.135. The van der Waals surface area contributed by atoms with Crippen LogP contribution in [0.15, 0.2) is 73.1 Å². The highest BCUT2D eigenvalue weighted by atomic mass is 19.1. The van der Waals surface area contributed by atoms with E-state index in [2.05, 4.69) is 10.3 Å². The number of rotatable bonds is 6. The molecule has 2 aromatic carbocycles. The predicted octanol–water partition coefficient (Wildman–Crippen LogP) is 4.20. The molecule has 2 unspecified atom stereocenters. The standard InChI is InChI=1S/C27H27FN4O2/c28-21-9-7-20(8-10-21)27(13-14-27)26(34)32-17-1-2-23(32)24(29)18-3-5-19(6-4-18)25(33)31-22-11-15-30-16-12-22/h3-12,15-16,23-24H,1-2,13-14,17,29H2,(H,30,31,33). The topological polar surface area (TPSA) is 88.3 Å². The first-order valence-electron chi connectivity index (χ1n) is 11.6. The van der Waals surface area contributed by atoms with E-state index in [1.54, 1.807) is 48.8 Å². The summed E-state index contributed by atoms with van der Waals surface area (Å²) in [5.41, 5.74) is 9.07. The normalized spacial score (nSPS) is 19.5. The minimum atomic E-state index is -0.551. The average Bonchev–Trinajstić information content (AvgIpc) is 3.53. The van der Waals surface area contributed by atoms with Crippen LogP contribution in [0.5, 0.6) is 0 Å². The highest BCUT2D eigenvalue weighted by Gasteiger charge is 2.54. The first kappa shape index (κ1) is 22.2. The number of nitrogens with zero attached hydrogens (tertiary/aromatic N) is 2. The lowest BCUT2D eigenvalue weighted by Gasteiger charge is -2.33. The maximum atomic E-state index is 13.6. The molecule has 2 atom stereocenters. The third-order valence-electron chi connectivity index (χ3n) is 7.03. The van der Waals surface area contributed by atoms with E-state index < -0.39 is 5.41 Å². The zero-order valence-corrected chi connectivity index (χ0v) is 18.8. The van der Waals surface area contributed by atoms with Crippen LogP contribution >= 0.6 is 0 Å². The molecule has 1 saturated heterocycles. The van der Waals surface area contributed by atoms with E-state index >= 15 is 0 Å². The Bertz CT molecular complexity index is 1180. The largest absolute Gasteiger partial charge is 0.337 e. The third kappa shape index (κ3) is 4.19. The van der Waals surface area contributed by atoms with Crippen LogP contribution in [-0.2, 0) is 10.2 Å². The quantitative estimate of drug-likeness (QED) is 0.580. The molecular weight excluding hydrogens is 431 g/mol. The van der Waals surface area contributed by atoms with Crippen molar-refractivity contribution >= 4 is 17.5 Å². The van der Waals surface area contributed by atoms with Crippen LogP contribution in [0.4, 0.5) is 10.1 Å². The summed E-state index contributed by atoms with van der Waals surface area (Å²) in [4.78, 5) is 32.0. The molecule has 7 heteroatoms. The minimum Gasteiger partial charge on any atom is -0.337 e. The second kappa shape index (κ2) is 8.99. The van der Waals surface area contributed by atoms with Crippen molar-refractivity contribution in [2.75, 3.05) is 11.9 Å². The molecule has 1 aliphatic heterocycles. The molecule has 6 nitrogen and oxygen atoms in total. The second-order valence-corrected chi connectivity index (χ2v) is 9.13. The van der Waals surface area contributed by atoms with Crippen molar-refractivity contribution in [2.45, 2.75) is 43.2 Å². The van der Waals surface area contributed by atoms with Crippen LogP contribution in [0, 0.1) is 5.82 Å². The molecule has 0 radical (unpaired) electrons. The Labute approximate surface area is 198 Å². The van der Waals surface area contributed by atoms with Crippen molar-refractivity contribution in [1.29, 1.82) is 0 Å². The SMILES string of the molecule is NC(c1ccc(C(=O)Nc2ccncc2)cc1)C1CCCN1C(=O)C1(c2ccc(F)cc2)CC1. The molecular formula is C27H27FN4O2. The number of hydrogen-bond acceptors (Lipinski definition) is 4. The highest BCUT2D eigenvalue weighted by Crippen LogP contribution is 2.51. The summed E-state index contributed by atoms with van der Waals surface area (Å²) in [5.74, 6) is -0.421. The van der Waals surface area contributed by atoms with Gasteiger partial charge in [-0.05, 0) is 73.2 Å². The maximum absolute atomic E-state index is 13.6. The molecule has 2 aliphatic rings. The van der Waals surface area contributed by atoms with Crippen LogP contribution < -0.4 is 11.1 Å². The number of anilines is 1. The number of likely N-dealkylation sites (tertiary alicyclic amines) is 1. The van der Waals surface area contributed by atoms with Gasteiger partial charge in [-0.1, -0.05) is 24.3 Å². The van der Waals surface area contributed by atoms with Crippen molar-refractivity contribution < 1.29 is 14.0 Å². The maximum Gasteiger partial charge on any atom is 0.255 e. The van der Waals surface area contributed by atoms with Gasteiger partial charge in [-0.2, -0.15) is 0 Å². The molecule has 2 heterocycles. The number of carbonyl (C=O) groups excluding carboxylic acids is 2. The molecule has 2 fully saturated rings. The van der Waals surface area contributed by atoms with E-state index in [9.17, 15) is 14.0 Å². The van der Waals surface area contributed by atoms with E-state index in [0.717, 1.165) is 36.8 Å². The smallest absolute Gasteiger partial charge is 0.255 e. The van der Waals surface area contributed by atoms with Crippen LogP contribution in [0.1, 0.15) is 53.2 Å². The third-order valence-corrected chi connectivity index (χ3v) is 7.03. The number of amides is 2. The summed E-state index contributed by atoms with van der Waals surface area (Å²) >= 11 is 0. The molecule has 0 spiro atoms. The molecule has 3 N–H and O–H groups in total. The lowest BCUT2D eigenvalue weighted by atomic mass is 9.92. The zero-order chi connectivity index (χ0) is 23.7. The van der Waals surface area contributed by atoms with Crippen molar-refractivity contribution in [3.05, 3.63) is 95.6 Å². The number of pyridine rings is 1. The fourth-order valence-electron chi connectivity index (χ4n) is 4.93. The van der Waals surface area contributed by atoms with Gasteiger partial charge < -0.3 is 16.0 Å². The van der Waals surface area contributed by atoms with Crippen LogP contribution in [0.25, 0.3) is 0 Å². The Balaban J connectivity index is 1.29. The Morgan fingerprint density at radius 2 is 1.71 bits per heavy atom. The number of nitrogens with two attached hydrogens (primary N) is 1. The molecule has 3 aromatic rings. The van der Waals surface area contributed by atoms with Gasteiger partial charge in [-0.3, -0.25) is 14.6 Å². The second-order valence-electron chi connectivity index (χ2n) is 9.13. The van der Waals surface area contributed by atoms with Gasteiger partial charge in [0.25, 0.3) is 5.91 Å². The zero-order valence-electron chi connectivity index (χ0n) is 18.8. The van der Waals surface area contributed by atoms with Gasteiger partial charge >= 0.3 is 0 Å². The summed E-state index contributed by atoms with van der Waals surface area (Å²) in [7, 11) is 0. The molecule has 1 aromatic heterocycles. The highest BCUT2D eigenvalue weighted by molar-refractivity contribution is 6.04. The van der Waals surface area contributed by atoms with Crippen LogP contribution in [0.3, 0.4) is 0 Å². The van der Waals surface area contributed by atoms with E-state index in [-0.39, 0.29) is 29.7 Å². The van der Waals surface area contributed by atoms with Crippen LogP contribution in [0.2, 0.25) is 0 Å². The van der Waals surface area contributed by atoms with Crippen molar-refractivity contribution in [3.8, 4) is 0 Å². The Hall–Kier alpha value is -3.58. The van der Waals surface area contributed by atoms with Gasteiger partial charge in [-0.15, -0.1) is 0 Å². The number of halogens is 1. The molecule has 1 aliphatic carbocycles. The molecule has 5 rings (SSSR count). The van der Waals surface area contributed by atoms with Crippen molar-refractivity contribution in [2.24, 2.45) is 5.73 Å². The first-order valence-corrected chi connectivity index (χ1v) is 11.6. The molecule has 0 bridgehead atoms. The van der Waals surface area contributed by atoms with E-state index in [1.165, 1.54) is 12.1 Å². The molecule has 34 heavy (non-hydrogen) atoms. The van der Waals surface area contributed by atoms with E-state index in [4.69, 9.17) is 5.73 Å². The number of hydrogen-bond donors (Lipinski definition) is 2. The van der Waals surface area contributed by atoms with Gasteiger partial charge in [0.15, 0.2) is 0 Å². The fourth-order valence-corrected chi connectivity index (χ4v) is 4.93. The van der Waals surface area contributed by atoms with E-state index in [0.29, 0.717) is 17.8 Å². The van der Waals surface area contributed by atoms with Gasteiger partial charge in [-0.25, -0.2) is 4.39 Å². The summed E-state index contributed by atoms with van der Waals surface area (Å²) in [6.45, 7) is 0.673. The first-order chi connectivity index (χ1) is 16.5. The molecule has 2 amide bonds. The minimum absolute atomic E-state index is 0.0883. The van der Waals surface area contributed by atoms with Gasteiger partial charge in [0.05, 0.1) is 17.5 Å². The number of nitrogens with one attached hydrogen (secondary N) is 1. The van der Waals surface area contributed by atoms with Crippen molar-refractivity contribution in [3.63, 3.8) is 0 Å². The molecule has 1 saturated carbocycles. The summed E-state index contributed by atoms with van der Waals surface area (Å²) in [6, 6.07) is 16.5. The summed E-state index contributed by atoms with van der Waals surface area (Å²) < 4.78 is 13.4. The van der Waals surface area contributed by atoms with E-state index in [1.807, 2.05) is 17.0 Å². The van der Waals surface area contributed by atoms with Gasteiger partial charge in [0.1, 0.15) is 5.82 Å². The average molecular weight is 459 g/mol. The lowest BCUT2D eigenvalue weighted by Crippen LogP contribution is -2.46. The van der Waals surface area contributed by atoms with Crippen LogP contribution in [-0.4, -0.2) is 34.3 Å². The number of aromatic nitrogens is 1. The predicted molar refractivity (Wildman–Crippen MR) is 128 cm³/mol. The Morgan fingerprint density at radius 3 is 2.35 bits per heavy atom. The summed E-state index contributed by atoms with van der Waals surface area (Å²) in [6.07, 6.45) is 6.52. The van der Waals surface area contributed by atoms with Crippen molar-refractivity contribution in [1.82, 2.24) is 9.88 Å². The summed E-state index contributed by atoms with van der Waals surface area (Å²) in [5, 5.41) is 2.84.